The molecule has 2 aromatic rings. The Morgan fingerprint density at radius 2 is 1.50 bits per heavy atom. The number of carboxylic acid groups (broad SMARTS) is 1. The maximum Gasteiger partial charge on any atom is 0.407 e. The van der Waals surface area contributed by atoms with Crippen molar-refractivity contribution in [3.8, 4) is 11.1 Å². The number of hydrogen-bond donors (Lipinski definition) is 4. The molecule has 0 aliphatic heterocycles. The summed E-state index contributed by atoms with van der Waals surface area (Å²) < 4.78 is 11.1. The molecule has 9 heteroatoms. The van der Waals surface area contributed by atoms with E-state index in [-0.39, 0.29) is 19.1 Å². The van der Waals surface area contributed by atoms with E-state index in [9.17, 15) is 19.5 Å². The van der Waals surface area contributed by atoms with Crippen molar-refractivity contribution in [3.05, 3.63) is 59.7 Å². The zero-order valence-electron chi connectivity index (χ0n) is 19.4. The molecule has 2 amide bonds. The Morgan fingerprint density at radius 1 is 0.941 bits per heavy atom. The highest BCUT2D eigenvalue weighted by molar-refractivity contribution is 5.89. The first-order chi connectivity index (χ1) is 16.1. The number of aliphatic hydroxyl groups excluding tert-OH is 1. The normalized spacial score (nSPS) is 14.5. The number of carbonyl (C=O) groups is 3. The standard InChI is InChI=1S/C25H30N2O7/c1-25(2,3)34-14-21(22(29)26-20(12-28)23(30)31)27-24(32)33-13-19-17-10-6-4-8-15(17)16-9-5-7-11-18(16)19/h4-11,19-21,28H,12-14H2,1-3H3,(H,26,29)(H,27,32)(H,30,31). The van der Waals surface area contributed by atoms with Gasteiger partial charge in [0.05, 0.1) is 18.8 Å². The number of ether oxygens (including phenoxy) is 2. The van der Waals surface area contributed by atoms with Crippen molar-refractivity contribution in [2.75, 3.05) is 19.8 Å². The Morgan fingerprint density at radius 3 is 2.00 bits per heavy atom. The van der Waals surface area contributed by atoms with E-state index >= 15 is 0 Å². The van der Waals surface area contributed by atoms with Crippen molar-refractivity contribution in [1.82, 2.24) is 10.6 Å². The van der Waals surface area contributed by atoms with Gasteiger partial charge in [0, 0.05) is 5.92 Å². The van der Waals surface area contributed by atoms with Crippen molar-refractivity contribution in [2.45, 2.75) is 44.4 Å². The van der Waals surface area contributed by atoms with Gasteiger partial charge in [-0.05, 0) is 43.0 Å². The van der Waals surface area contributed by atoms with Gasteiger partial charge in [0.25, 0.3) is 0 Å². The van der Waals surface area contributed by atoms with E-state index in [2.05, 4.69) is 10.6 Å². The van der Waals surface area contributed by atoms with Gasteiger partial charge < -0.3 is 30.3 Å². The molecule has 0 fully saturated rings. The van der Waals surface area contributed by atoms with Gasteiger partial charge in [-0.15, -0.1) is 0 Å². The quantitative estimate of drug-likeness (QED) is 0.442. The average Bonchev–Trinajstić information content (AvgIpc) is 3.11. The zero-order valence-corrected chi connectivity index (χ0v) is 19.4. The van der Waals surface area contributed by atoms with E-state index in [0.29, 0.717) is 0 Å². The van der Waals surface area contributed by atoms with Crippen LogP contribution in [0.2, 0.25) is 0 Å². The number of benzene rings is 2. The van der Waals surface area contributed by atoms with Crippen molar-refractivity contribution < 1.29 is 34.1 Å². The highest BCUT2D eigenvalue weighted by atomic mass is 16.5. The molecule has 0 saturated carbocycles. The summed E-state index contributed by atoms with van der Waals surface area (Å²) in [7, 11) is 0. The predicted molar refractivity (Wildman–Crippen MR) is 124 cm³/mol. The average molecular weight is 471 g/mol. The van der Waals surface area contributed by atoms with Crippen LogP contribution in [0, 0.1) is 0 Å². The van der Waals surface area contributed by atoms with E-state index in [0.717, 1.165) is 22.3 Å². The summed E-state index contributed by atoms with van der Waals surface area (Å²) in [5, 5.41) is 22.9. The van der Waals surface area contributed by atoms with Crippen LogP contribution in [0.5, 0.6) is 0 Å². The third-order valence-corrected chi connectivity index (χ3v) is 5.43. The van der Waals surface area contributed by atoms with Crippen LogP contribution < -0.4 is 10.6 Å². The van der Waals surface area contributed by atoms with E-state index in [1.54, 1.807) is 20.8 Å². The summed E-state index contributed by atoms with van der Waals surface area (Å²) in [5.41, 5.74) is 3.67. The van der Waals surface area contributed by atoms with Crippen LogP contribution in [0.15, 0.2) is 48.5 Å². The number of carbonyl (C=O) groups excluding carboxylic acids is 2. The summed E-state index contributed by atoms with van der Waals surface area (Å²) in [6.45, 7) is 4.40. The fraction of sp³-hybridized carbons (Fsp3) is 0.400. The smallest absolute Gasteiger partial charge is 0.407 e. The van der Waals surface area contributed by atoms with Crippen molar-refractivity contribution in [3.63, 3.8) is 0 Å². The molecular formula is C25H30N2O7. The van der Waals surface area contributed by atoms with E-state index < -0.39 is 42.3 Å². The van der Waals surface area contributed by atoms with Crippen LogP contribution >= 0.6 is 0 Å². The summed E-state index contributed by atoms with van der Waals surface area (Å²) >= 11 is 0. The van der Waals surface area contributed by atoms with Crippen LogP contribution in [0.3, 0.4) is 0 Å². The highest BCUT2D eigenvalue weighted by Gasteiger charge is 2.31. The number of rotatable bonds is 9. The number of aliphatic hydroxyl groups is 1. The van der Waals surface area contributed by atoms with Crippen LogP contribution in [0.1, 0.15) is 37.8 Å². The first kappa shape index (κ1) is 25.2. The topological polar surface area (TPSA) is 134 Å². The summed E-state index contributed by atoms with van der Waals surface area (Å²) in [5.74, 6) is -2.35. The Labute approximate surface area is 198 Å². The lowest BCUT2D eigenvalue weighted by atomic mass is 9.98. The van der Waals surface area contributed by atoms with Crippen molar-refractivity contribution in [2.24, 2.45) is 0 Å². The van der Waals surface area contributed by atoms with Gasteiger partial charge in [0.2, 0.25) is 5.91 Å². The first-order valence-corrected chi connectivity index (χ1v) is 11.0. The van der Waals surface area contributed by atoms with Gasteiger partial charge in [-0.3, -0.25) is 4.79 Å². The maximum atomic E-state index is 12.6. The molecule has 34 heavy (non-hydrogen) atoms. The van der Waals surface area contributed by atoms with Gasteiger partial charge >= 0.3 is 12.1 Å². The van der Waals surface area contributed by atoms with Gasteiger partial charge in [0.15, 0.2) is 0 Å². The molecule has 0 saturated heterocycles. The molecule has 0 spiro atoms. The number of hydrogen-bond acceptors (Lipinski definition) is 6. The minimum atomic E-state index is -1.51. The van der Waals surface area contributed by atoms with Crippen LogP contribution in [-0.2, 0) is 19.1 Å². The second-order valence-corrected chi connectivity index (χ2v) is 9.03. The molecule has 2 aromatic carbocycles. The van der Waals surface area contributed by atoms with Crippen molar-refractivity contribution in [1.29, 1.82) is 0 Å². The fourth-order valence-corrected chi connectivity index (χ4v) is 3.76. The molecule has 9 nitrogen and oxygen atoms in total. The second-order valence-electron chi connectivity index (χ2n) is 9.03. The Hall–Kier alpha value is -3.43. The molecule has 4 N–H and O–H groups in total. The number of amides is 2. The van der Waals surface area contributed by atoms with E-state index in [4.69, 9.17) is 14.6 Å². The minimum absolute atomic E-state index is 0.0583. The molecule has 0 heterocycles. The number of aliphatic carboxylic acids is 1. The summed E-state index contributed by atoms with van der Waals surface area (Å²) in [4.78, 5) is 36.4. The van der Waals surface area contributed by atoms with E-state index in [1.807, 2.05) is 48.5 Å². The lowest BCUT2D eigenvalue weighted by Gasteiger charge is -2.25. The Bertz CT molecular complexity index is 1000. The van der Waals surface area contributed by atoms with Gasteiger partial charge in [-0.25, -0.2) is 9.59 Å². The Balaban J connectivity index is 1.68. The fourth-order valence-electron chi connectivity index (χ4n) is 3.76. The molecule has 2 atom stereocenters. The van der Waals surface area contributed by atoms with Crippen LogP contribution in [0.4, 0.5) is 4.79 Å². The molecule has 0 radical (unpaired) electrons. The lowest BCUT2D eigenvalue weighted by molar-refractivity contribution is -0.143. The highest BCUT2D eigenvalue weighted by Crippen LogP contribution is 2.44. The number of carboxylic acids is 1. The second kappa shape index (κ2) is 10.7. The molecule has 0 bridgehead atoms. The SMILES string of the molecule is CC(C)(C)OCC(NC(=O)OCC1c2ccccc2-c2ccccc21)C(=O)NC(CO)C(=O)O. The number of fused-ring (bicyclic) bond motifs is 3. The Kier molecular flexibility index (Phi) is 7.90. The largest absolute Gasteiger partial charge is 0.480 e. The molecule has 0 aromatic heterocycles. The predicted octanol–water partition coefficient (Wildman–Crippen LogP) is 2.27. The molecule has 182 valence electrons. The third-order valence-electron chi connectivity index (χ3n) is 5.43. The van der Waals surface area contributed by atoms with Crippen molar-refractivity contribution >= 4 is 18.0 Å². The van der Waals surface area contributed by atoms with Gasteiger partial charge in [-0.2, -0.15) is 0 Å². The third kappa shape index (κ3) is 6.12. The monoisotopic (exact) mass is 470 g/mol. The first-order valence-electron chi connectivity index (χ1n) is 11.0. The maximum absolute atomic E-state index is 12.6. The molecule has 1 aliphatic carbocycles. The van der Waals surface area contributed by atoms with Crippen LogP contribution in [0.25, 0.3) is 11.1 Å². The van der Waals surface area contributed by atoms with Gasteiger partial charge in [-0.1, -0.05) is 48.5 Å². The molecule has 3 rings (SSSR count). The minimum Gasteiger partial charge on any atom is -0.480 e. The molecule has 1 aliphatic rings. The summed E-state index contributed by atoms with van der Waals surface area (Å²) in [6, 6.07) is 13.1. The van der Waals surface area contributed by atoms with Gasteiger partial charge in [0.1, 0.15) is 18.7 Å². The zero-order chi connectivity index (χ0) is 24.9. The molecule has 2 unspecified atom stereocenters. The molecular weight excluding hydrogens is 440 g/mol. The number of nitrogens with one attached hydrogen (secondary N) is 2. The summed E-state index contributed by atoms with van der Waals surface area (Å²) in [6.07, 6.45) is -0.838. The lowest BCUT2D eigenvalue weighted by Crippen LogP contribution is -2.55. The van der Waals surface area contributed by atoms with E-state index in [1.165, 1.54) is 0 Å². The van der Waals surface area contributed by atoms with Crippen LogP contribution in [-0.4, -0.2) is 65.7 Å². The number of alkyl carbamates (subject to hydrolysis) is 1.